The molecule has 0 radical (unpaired) electrons. The number of ether oxygens (including phenoxy) is 2. The molecule has 30 heavy (non-hydrogen) atoms. The number of nitrogens with zero attached hydrogens (tertiary/aromatic N) is 3. The molecule has 0 spiro atoms. The van der Waals surface area contributed by atoms with Crippen molar-refractivity contribution in [3.63, 3.8) is 0 Å². The monoisotopic (exact) mass is 428 g/mol. The SMILES string of the molecule is COC(=O)COC(=O)N1CCc2c(sc(NC(=O)CCc3cccnc3)c2C#N)C1. The zero-order valence-electron chi connectivity index (χ0n) is 16.3. The third-order valence-corrected chi connectivity index (χ3v) is 5.72. The molecule has 2 aromatic rings. The van der Waals surface area contributed by atoms with Gasteiger partial charge in [-0.05, 0) is 30.0 Å². The van der Waals surface area contributed by atoms with Gasteiger partial charge in [0.15, 0.2) is 6.61 Å². The molecule has 0 atom stereocenters. The number of pyridine rings is 1. The molecule has 1 aliphatic rings. The molecule has 3 rings (SSSR count). The lowest BCUT2D eigenvalue weighted by Gasteiger charge is -2.25. The Bertz CT molecular complexity index is 983. The van der Waals surface area contributed by atoms with E-state index in [2.05, 4.69) is 21.1 Å². The maximum absolute atomic E-state index is 12.4. The minimum Gasteiger partial charge on any atom is -0.466 e. The van der Waals surface area contributed by atoms with Crippen LogP contribution in [0.5, 0.6) is 0 Å². The fourth-order valence-electron chi connectivity index (χ4n) is 3.03. The fraction of sp³-hybridized carbons (Fsp3) is 0.350. The second-order valence-electron chi connectivity index (χ2n) is 6.53. The number of thiophene rings is 1. The minimum absolute atomic E-state index is 0.191. The van der Waals surface area contributed by atoms with E-state index >= 15 is 0 Å². The predicted molar refractivity (Wildman–Crippen MR) is 108 cm³/mol. The first-order valence-corrected chi connectivity index (χ1v) is 10.1. The second-order valence-corrected chi connectivity index (χ2v) is 7.64. The Labute approximate surface area is 177 Å². The summed E-state index contributed by atoms with van der Waals surface area (Å²) in [6.07, 6.45) is 4.05. The molecule has 0 saturated heterocycles. The summed E-state index contributed by atoms with van der Waals surface area (Å²) in [6, 6.07) is 5.88. The van der Waals surface area contributed by atoms with E-state index in [1.54, 1.807) is 12.4 Å². The van der Waals surface area contributed by atoms with Crippen molar-refractivity contribution in [2.75, 3.05) is 25.6 Å². The molecule has 1 N–H and O–H groups in total. The van der Waals surface area contributed by atoms with Crippen LogP contribution in [0.1, 0.15) is 28.0 Å². The summed E-state index contributed by atoms with van der Waals surface area (Å²) in [5.74, 6) is -0.830. The second kappa shape index (κ2) is 9.84. The normalized spacial score (nSPS) is 12.5. The first-order valence-electron chi connectivity index (χ1n) is 9.23. The number of methoxy groups -OCH3 is 1. The highest BCUT2D eigenvalue weighted by Gasteiger charge is 2.28. The highest BCUT2D eigenvalue weighted by atomic mass is 32.1. The Kier molecular flexibility index (Phi) is 6.98. The van der Waals surface area contributed by atoms with Crippen LogP contribution in [0.15, 0.2) is 24.5 Å². The Morgan fingerprint density at radius 1 is 1.40 bits per heavy atom. The summed E-state index contributed by atoms with van der Waals surface area (Å²) >= 11 is 1.28. The number of rotatable bonds is 6. The Morgan fingerprint density at radius 2 is 2.23 bits per heavy atom. The molecule has 156 valence electrons. The standard InChI is InChI=1S/C20H20N4O5S/c1-28-18(26)12-29-20(27)24-8-6-14-15(9-21)19(30-16(14)11-24)23-17(25)5-4-13-3-2-7-22-10-13/h2-3,7,10H,4-6,8,11-12H2,1H3,(H,23,25). The molecular weight excluding hydrogens is 408 g/mol. The van der Waals surface area contributed by atoms with Crippen LogP contribution < -0.4 is 5.32 Å². The largest absolute Gasteiger partial charge is 0.466 e. The molecule has 0 bridgehead atoms. The number of nitrogens with one attached hydrogen (secondary N) is 1. The van der Waals surface area contributed by atoms with E-state index in [9.17, 15) is 19.6 Å². The van der Waals surface area contributed by atoms with Gasteiger partial charge < -0.3 is 19.7 Å². The van der Waals surface area contributed by atoms with Gasteiger partial charge in [0.05, 0.1) is 19.2 Å². The summed E-state index contributed by atoms with van der Waals surface area (Å²) < 4.78 is 9.38. The fourth-order valence-corrected chi connectivity index (χ4v) is 4.26. The Hall–Kier alpha value is -3.45. The van der Waals surface area contributed by atoms with E-state index in [0.29, 0.717) is 30.0 Å². The maximum atomic E-state index is 12.4. The third-order valence-electron chi connectivity index (χ3n) is 4.58. The number of carbonyl (C=O) groups is 3. The van der Waals surface area contributed by atoms with Crippen LogP contribution in [-0.2, 0) is 38.4 Å². The van der Waals surface area contributed by atoms with Crippen LogP contribution in [0.4, 0.5) is 9.80 Å². The molecule has 0 saturated carbocycles. The van der Waals surface area contributed by atoms with Gasteiger partial charge in [-0.25, -0.2) is 9.59 Å². The van der Waals surface area contributed by atoms with Crippen LogP contribution in [0.25, 0.3) is 0 Å². The van der Waals surface area contributed by atoms with Crippen molar-refractivity contribution in [2.24, 2.45) is 0 Å². The van der Waals surface area contributed by atoms with Gasteiger partial charge in [0.25, 0.3) is 0 Å². The van der Waals surface area contributed by atoms with Gasteiger partial charge in [0, 0.05) is 30.2 Å². The first kappa shape index (κ1) is 21.3. The van der Waals surface area contributed by atoms with Gasteiger partial charge in [-0.1, -0.05) is 6.07 Å². The summed E-state index contributed by atoms with van der Waals surface area (Å²) in [5, 5.41) is 12.9. The highest BCUT2D eigenvalue weighted by Crippen LogP contribution is 2.36. The van der Waals surface area contributed by atoms with E-state index in [-0.39, 0.29) is 18.9 Å². The van der Waals surface area contributed by atoms with Gasteiger partial charge in [-0.2, -0.15) is 5.26 Å². The average molecular weight is 428 g/mol. The van der Waals surface area contributed by atoms with E-state index in [1.807, 2.05) is 12.1 Å². The van der Waals surface area contributed by atoms with Gasteiger partial charge in [0.2, 0.25) is 5.91 Å². The number of aryl methyl sites for hydroxylation is 1. The third kappa shape index (κ3) is 5.12. The molecule has 0 fully saturated rings. The molecule has 0 aromatic carbocycles. The number of esters is 1. The number of fused-ring (bicyclic) bond motifs is 1. The molecule has 2 amide bonds. The molecule has 0 aliphatic carbocycles. The Morgan fingerprint density at radius 3 is 2.93 bits per heavy atom. The van der Waals surface area contributed by atoms with Crippen molar-refractivity contribution in [3.05, 3.63) is 46.1 Å². The molecule has 3 heterocycles. The van der Waals surface area contributed by atoms with Crippen molar-refractivity contribution in [2.45, 2.75) is 25.8 Å². The average Bonchev–Trinajstić information content (AvgIpc) is 3.12. The molecule has 10 heteroatoms. The van der Waals surface area contributed by atoms with Crippen LogP contribution in [0.3, 0.4) is 0 Å². The molecular formula is C20H20N4O5S. The Balaban J connectivity index is 1.63. The lowest BCUT2D eigenvalue weighted by Crippen LogP contribution is -2.36. The van der Waals surface area contributed by atoms with Crippen LogP contribution >= 0.6 is 11.3 Å². The summed E-state index contributed by atoms with van der Waals surface area (Å²) in [6.45, 7) is 0.151. The van der Waals surface area contributed by atoms with Gasteiger partial charge in [-0.3, -0.25) is 9.78 Å². The van der Waals surface area contributed by atoms with E-state index in [0.717, 1.165) is 16.0 Å². The topological polar surface area (TPSA) is 122 Å². The summed E-state index contributed by atoms with van der Waals surface area (Å²) in [7, 11) is 1.21. The zero-order valence-corrected chi connectivity index (χ0v) is 17.2. The molecule has 0 unspecified atom stereocenters. The first-order chi connectivity index (χ1) is 14.5. The smallest absolute Gasteiger partial charge is 0.410 e. The minimum atomic E-state index is -0.639. The van der Waals surface area contributed by atoms with Gasteiger partial charge in [0.1, 0.15) is 11.1 Å². The van der Waals surface area contributed by atoms with Crippen molar-refractivity contribution in [3.8, 4) is 6.07 Å². The van der Waals surface area contributed by atoms with Crippen molar-refractivity contribution in [1.82, 2.24) is 9.88 Å². The number of anilines is 1. The summed E-state index contributed by atoms with van der Waals surface area (Å²) in [4.78, 5) is 41.9. The van der Waals surface area contributed by atoms with Crippen molar-refractivity contribution >= 4 is 34.3 Å². The van der Waals surface area contributed by atoms with Crippen LogP contribution in [0.2, 0.25) is 0 Å². The lowest BCUT2D eigenvalue weighted by molar-refractivity contribution is -0.144. The quantitative estimate of drug-likeness (QED) is 0.700. The molecule has 1 aliphatic heterocycles. The van der Waals surface area contributed by atoms with Crippen molar-refractivity contribution < 1.29 is 23.9 Å². The maximum Gasteiger partial charge on any atom is 0.410 e. The number of amides is 2. The number of nitriles is 1. The zero-order chi connectivity index (χ0) is 21.5. The highest BCUT2D eigenvalue weighted by molar-refractivity contribution is 7.16. The molecule has 2 aromatic heterocycles. The summed E-state index contributed by atoms with van der Waals surface area (Å²) in [5.41, 5.74) is 2.23. The van der Waals surface area contributed by atoms with Gasteiger partial charge in [-0.15, -0.1) is 11.3 Å². The van der Waals surface area contributed by atoms with Crippen molar-refractivity contribution in [1.29, 1.82) is 5.26 Å². The predicted octanol–water partition coefficient (Wildman–Crippen LogP) is 2.25. The number of carbonyl (C=O) groups excluding carboxylic acids is 3. The van der Waals surface area contributed by atoms with Gasteiger partial charge >= 0.3 is 12.1 Å². The number of hydrogen-bond acceptors (Lipinski definition) is 8. The number of aromatic nitrogens is 1. The number of hydrogen-bond donors (Lipinski definition) is 1. The van der Waals surface area contributed by atoms with E-state index in [4.69, 9.17) is 4.74 Å². The van der Waals surface area contributed by atoms with E-state index < -0.39 is 18.7 Å². The molecule has 9 nitrogen and oxygen atoms in total. The van der Waals surface area contributed by atoms with Crippen LogP contribution in [-0.4, -0.2) is 48.1 Å². The lowest BCUT2D eigenvalue weighted by atomic mass is 10.0. The van der Waals surface area contributed by atoms with Crippen LogP contribution in [0, 0.1) is 11.3 Å². The van der Waals surface area contributed by atoms with E-state index in [1.165, 1.54) is 23.3 Å².